The van der Waals surface area contributed by atoms with Crippen molar-refractivity contribution in [3.05, 3.63) is 52.9 Å². The van der Waals surface area contributed by atoms with E-state index < -0.39 is 5.82 Å². The van der Waals surface area contributed by atoms with E-state index in [2.05, 4.69) is 4.98 Å². The Morgan fingerprint density at radius 2 is 2.05 bits per heavy atom. The van der Waals surface area contributed by atoms with Gasteiger partial charge < -0.3 is 5.73 Å². The highest BCUT2D eigenvalue weighted by Gasteiger charge is 2.12. The van der Waals surface area contributed by atoms with Gasteiger partial charge in [0.05, 0.1) is 0 Å². The molecule has 3 aromatic rings. The maximum Gasteiger partial charge on any atom is 0.139 e. The van der Waals surface area contributed by atoms with Gasteiger partial charge in [-0.3, -0.25) is 4.40 Å². The molecule has 3 rings (SSSR count). The smallest absolute Gasteiger partial charge is 0.139 e. The molecule has 0 spiro atoms. The molecule has 0 aliphatic rings. The first-order chi connectivity index (χ1) is 9.04. The zero-order chi connectivity index (χ0) is 13.6. The van der Waals surface area contributed by atoms with Gasteiger partial charge >= 0.3 is 0 Å². The average molecular weight is 276 g/mol. The predicted molar refractivity (Wildman–Crippen MR) is 74.7 cm³/mol. The summed E-state index contributed by atoms with van der Waals surface area (Å²) < 4.78 is 15.2. The van der Waals surface area contributed by atoms with Crippen LogP contribution in [0.2, 0.25) is 5.02 Å². The quantitative estimate of drug-likeness (QED) is 0.736. The van der Waals surface area contributed by atoms with E-state index in [0.29, 0.717) is 22.1 Å². The molecule has 0 aliphatic heterocycles. The SMILES string of the molecule is Cc1ccc2nc(-c3cc(F)cc(Cl)c3)c(N)n2c1. The van der Waals surface area contributed by atoms with Crippen LogP contribution in [-0.4, -0.2) is 9.38 Å². The van der Waals surface area contributed by atoms with Gasteiger partial charge in [-0.05, 0) is 36.8 Å². The first kappa shape index (κ1) is 12.0. The molecule has 1 aromatic carbocycles. The van der Waals surface area contributed by atoms with Crippen LogP contribution in [0.25, 0.3) is 16.9 Å². The number of pyridine rings is 1. The van der Waals surface area contributed by atoms with Crippen LogP contribution in [-0.2, 0) is 0 Å². The lowest BCUT2D eigenvalue weighted by Crippen LogP contribution is -1.94. The second kappa shape index (κ2) is 4.24. The van der Waals surface area contributed by atoms with Gasteiger partial charge in [-0.15, -0.1) is 0 Å². The third kappa shape index (κ3) is 2.04. The highest BCUT2D eigenvalue weighted by molar-refractivity contribution is 6.30. The topological polar surface area (TPSA) is 43.3 Å². The van der Waals surface area contributed by atoms with Gasteiger partial charge in [-0.2, -0.15) is 0 Å². The fourth-order valence-corrected chi connectivity index (χ4v) is 2.29. The number of benzene rings is 1. The number of hydrogen-bond acceptors (Lipinski definition) is 2. The van der Waals surface area contributed by atoms with Gasteiger partial charge in [0.15, 0.2) is 0 Å². The minimum atomic E-state index is -0.407. The lowest BCUT2D eigenvalue weighted by atomic mass is 10.1. The van der Waals surface area contributed by atoms with Gasteiger partial charge in [0, 0.05) is 16.8 Å². The molecule has 2 N–H and O–H groups in total. The van der Waals surface area contributed by atoms with Crippen LogP contribution in [0.3, 0.4) is 0 Å². The molecule has 0 fully saturated rings. The first-order valence-corrected chi connectivity index (χ1v) is 6.13. The number of imidazole rings is 1. The number of nitrogens with two attached hydrogens (primary N) is 1. The summed E-state index contributed by atoms with van der Waals surface area (Å²) in [5, 5.41) is 0.322. The Morgan fingerprint density at radius 3 is 2.79 bits per heavy atom. The molecular weight excluding hydrogens is 265 g/mol. The van der Waals surface area contributed by atoms with Crippen LogP contribution in [0, 0.1) is 12.7 Å². The Kier molecular flexibility index (Phi) is 2.68. The molecule has 0 unspecified atom stereocenters. The Balaban J connectivity index is 2.27. The van der Waals surface area contributed by atoms with Crippen molar-refractivity contribution in [2.45, 2.75) is 6.92 Å². The van der Waals surface area contributed by atoms with Crippen molar-refractivity contribution < 1.29 is 4.39 Å². The monoisotopic (exact) mass is 275 g/mol. The molecule has 0 aliphatic carbocycles. The maximum absolute atomic E-state index is 13.4. The molecule has 0 atom stereocenters. The Labute approximate surface area is 114 Å². The highest BCUT2D eigenvalue weighted by Crippen LogP contribution is 2.29. The Morgan fingerprint density at radius 1 is 1.26 bits per heavy atom. The molecule has 0 radical (unpaired) electrons. The molecule has 0 bridgehead atoms. The largest absolute Gasteiger partial charge is 0.383 e. The van der Waals surface area contributed by atoms with E-state index in [0.717, 1.165) is 11.2 Å². The van der Waals surface area contributed by atoms with Crippen LogP contribution in [0.4, 0.5) is 10.2 Å². The zero-order valence-corrected chi connectivity index (χ0v) is 10.9. The second-order valence-corrected chi connectivity index (χ2v) is 4.87. The van der Waals surface area contributed by atoms with Crippen LogP contribution >= 0.6 is 11.6 Å². The lowest BCUT2D eigenvalue weighted by molar-refractivity contribution is 0.628. The fourth-order valence-electron chi connectivity index (χ4n) is 2.07. The van der Waals surface area contributed by atoms with Crippen LogP contribution in [0.1, 0.15) is 5.56 Å². The number of anilines is 1. The molecule has 19 heavy (non-hydrogen) atoms. The molecule has 0 saturated carbocycles. The van der Waals surface area contributed by atoms with E-state index in [-0.39, 0.29) is 0 Å². The molecule has 5 heteroatoms. The van der Waals surface area contributed by atoms with E-state index in [9.17, 15) is 4.39 Å². The first-order valence-electron chi connectivity index (χ1n) is 5.75. The number of nitrogens with zero attached hydrogens (tertiary/aromatic N) is 2. The van der Waals surface area contributed by atoms with E-state index in [1.165, 1.54) is 12.1 Å². The van der Waals surface area contributed by atoms with E-state index in [1.807, 2.05) is 25.3 Å². The summed E-state index contributed by atoms with van der Waals surface area (Å²) in [5.41, 5.74) is 8.97. The number of fused-ring (bicyclic) bond motifs is 1. The predicted octanol–water partition coefficient (Wildman–Crippen LogP) is 3.68. The van der Waals surface area contributed by atoms with E-state index in [1.54, 1.807) is 10.5 Å². The van der Waals surface area contributed by atoms with Gasteiger partial charge in [0.1, 0.15) is 23.0 Å². The number of aryl methyl sites for hydroxylation is 1. The highest BCUT2D eigenvalue weighted by atomic mass is 35.5. The van der Waals surface area contributed by atoms with Gasteiger partial charge in [0.2, 0.25) is 0 Å². The normalized spacial score (nSPS) is 11.1. The second-order valence-electron chi connectivity index (χ2n) is 4.44. The van der Waals surface area contributed by atoms with E-state index in [4.69, 9.17) is 17.3 Å². The zero-order valence-electron chi connectivity index (χ0n) is 10.2. The fraction of sp³-hybridized carbons (Fsp3) is 0.0714. The van der Waals surface area contributed by atoms with Crippen molar-refractivity contribution in [3.8, 4) is 11.3 Å². The molecule has 96 valence electrons. The average Bonchev–Trinajstić information content (AvgIpc) is 2.66. The molecule has 2 heterocycles. The molecule has 0 saturated heterocycles. The Hall–Kier alpha value is -2.07. The summed E-state index contributed by atoms with van der Waals surface area (Å²) in [6.45, 7) is 1.97. The summed E-state index contributed by atoms with van der Waals surface area (Å²) in [5.74, 6) is 0.0653. The lowest BCUT2D eigenvalue weighted by Gasteiger charge is -2.01. The van der Waals surface area contributed by atoms with E-state index >= 15 is 0 Å². The van der Waals surface area contributed by atoms with Crippen LogP contribution < -0.4 is 5.73 Å². The molecular formula is C14H11ClFN3. The Bertz CT molecular complexity index is 759. The third-order valence-electron chi connectivity index (χ3n) is 2.94. The van der Waals surface area contributed by atoms with Crippen molar-refractivity contribution >= 4 is 23.1 Å². The number of halogens is 2. The van der Waals surface area contributed by atoms with Crippen molar-refractivity contribution in [2.75, 3.05) is 5.73 Å². The summed E-state index contributed by atoms with van der Waals surface area (Å²) in [6.07, 6.45) is 1.89. The van der Waals surface area contributed by atoms with Crippen LogP contribution in [0.15, 0.2) is 36.5 Å². The summed E-state index contributed by atoms with van der Waals surface area (Å²) in [7, 11) is 0. The van der Waals surface area contributed by atoms with Gasteiger partial charge in [0.25, 0.3) is 0 Å². The number of hydrogen-bond donors (Lipinski definition) is 1. The standard InChI is InChI=1S/C14H11ClFN3/c1-8-2-3-12-18-13(14(17)19(12)7-8)9-4-10(15)6-11(16)5-9/h2-7H,17H2,1H3. The van der Waals surface area contributed by atoms with Gasteiger partial charge in [-0.25, -0.2) is 9.37 Å². The molecule has 0 amide bonds. The van der Waals surface area contributed by atoms with Crippen molar-refractivity contribution in [1.29, 1.82) is 0 Å². The summed E-state index contributed by atoms with van der Waals surface area (Å²) >= 11 is 5.86. The minimum Gasteiger partial charge on any atom is -0.383 e. The number of rotatable bonds is 1. The summed E-state index contributed by atoms with van der Waals surface area (Å²) in [4.78, 5) is 4.42. The van der Waals surface area contributed by atoms with Gasteiger partial charge in [-0.1, -0.05) is 17.7 Å². The summed E-state index contributed by atoms with van der Waals surface area (Å²) in [6, 6.07) is 8.09. The van der Waals surface area contributed by atoms with Crippen LogP contribution in [0.5, 0.6) is 0 Å². The number of nitrogen functional groups attached to an aromatic ring is 1. The van der Waals surface area contributed by atoms with Crippen molar-refractivity contribution in [1.82, 2.24) is 9.38 Å². The number of aromatic nitrogens is 2. The van der Waals surface area contributed by atoms with Crippen molar-refractivity contribution in [2.24, 2.45) is 0 Å². The molecule has 3 nitrogen and oxygen atoms in total. The maximum atomic E-state index is 13.4. The third-order valence-corrected chi connectivity index (χ3v) is 3.16. The minimum absolute atomic E-state index is 0.322. The molecule has 2 aromatic heterocycles. The van der Waals surface area contributed by atoms with Crippen molar-refractivity contribution in [3.63, 3.8) is 0 Å².